The third-order valence-electron chi connectivity index (χ3n) is 5.54. The first-order chi connectivity index (χ1) is 12.2. The molecule has 1 aromatic carbocycles. The predicted molar refractivity (Wildman–Crippen MR) is 97.9 cm³/mol. The van der Waals surface area contributed by atoms with Crippen LogP contribution in [0, 0.1) is 11.8 Å². The molecule has 2 N–H and O–H groups in total. The number of piperidine rings is 1. The van der Waals surface area contributed by atoms with Crippen molar-refractivity contribution >= 4 is 11.9 Å². The summed E-state index contributed by atoms with van der Waals surface area (Å²) in [5.41, 5.74) is 1.08. The van der Waals surface area contributed by atoms with E-state index in [9.17, 15) is 9.59 Å². The Morgan fingerprint density at radius 3 is 2.56 bits per heavy atom. The van der Waals surface area contributed by atoms with E-state index in [1.165, 1.54) is 25.7 Å². The summed E-state index contributed by atoms with van der Waals surface area (Å²) in [7, 11) is 0. The Labute approximate surface area is 150 Å². The van der Waals surface area contributed by atoms with E-state index in [1.54, 1.807) is 0 Å². The van der Waals surface area contributed by atoms with Crippen molar-refractivity contribution in [2.24, 2.45) is 11.8 Å². The second kappa shape index (κ2) is 8.88. The molecular formula is C20H29N3O2. The lowest BCUT2D eigenvalue weighted by molar-refractivity contribution is -0.121. The maximum absolute atomic E-state index is 12.3. The van der Waals surface area contributed by atoms with Gasteiger partial charge in [-0.05, 0) is 30.2 Å². The lowest BCUT2D eigenvalue weighted by Gasteiger charge is -2.41. The molecule has 1 aliphatic carbocycles. The molecule has 2 atom stereocenters. The lowest BCUT2D eigenvalue weighted by atomic mass is 9.75. The largest absolute Gasteiger partial charge is 0.352 e. The number of nitrogens with one attached hydrogen (secondary N) is 2. The molecule has 0 aromatic heterocycles. The normalized spacial score (nSPS) is 22.8. The van der Waals surface area contributed by atoms with Crippen molar-refractivity contribution in [3.05, 3.63) is 35.9 Å². The molecule has 1 saturated carbocycles. The number of hydrogen-bond donors (Lipinski definition) is 2. The van der Waals surface area contributed by atoms with Crippen LogP contribution in [0.15, 0.2) is 30.3 Å². The fraction of sp³-hybridized carbons (Fsp3) is 0.600. The number of nitrogens with zero attached hydrogens (tertiary/aromatic N) is 1. The molecule has 1 saturated heterocycles. The number of hydrogen-bond acceptors (Lipinski definition) is 2. The number of likely N-dealkylation sites (tertiary alicyclic amines) is 1. The van der Waals surface area contributed by atoms with E-state index in [0.29, 0.717) is 25.4 Å². The molecule has 1 aliphatic heterocycles. The highest BCUT2D eigenvalue weighted by atomic mass is 16.2. The summed E-state index contributed by atoms with van der Waals surface area (Å²) in [5, 5.41) is 5.79. The summed E-state index contributed by atoms with van der Waals surface area (Å²) in [4.78, 5) is 26.1. The van der Waals surface area contributed by atoms with Gasteiger partial charge in [0, 0.05) is 32.6 Å². The fourth-order valence-corrected chi connectivity index (χ4v) is 4.06. The zero-order valence-electron chi connectivity index (χ0n) is 14.9. The van der Waals surface area contributed by atoms with Gasteiger partial charge < -0.3 is 15.5 Å². The first-order valence-electron chi connectivity index (χ1n) is 9.56. The maximum atomic E-state index is 12.3. The molecular weight excluding hydrogens is 314 g/mol. The topological polar surface area (TPSA) is 61.4 Å². The molecule has 5 nitrogen and oxygen atoms in total. The first kappa shape index (κ1) is 17.8. The van der Waals surface area contributed by atoms with E-state index in [1.807, 2.05) is 35.2 Å². The molecule has 25 heavy (non-hydrogen) atoms. The van der Waals surface area contributed by atoms with Gasteiger partial charge in [-0.25, -0.2) is 4.79 Å². The summed E-state index contributed by atoms with van der Waals surface area (Å²) >= 11 is 0. The minimum atomic E-state index is -0.0323. The predicted octanol–water partition coefficient (Wildman–Crippen LogP) is 2.91. The molecule has 3 rings (SSSR count). The smallest absolute Gasteiger partial charge is 0.317 e. The van der Waals surface area contributed by atoms with Crippen molar-refractivity contribution in [3.8, 4) is 0 Å². The summed E-state index contributed by atoms with van der Waals surface area (Å²) < 4.78 is 0. The van der Waals surface area contributed by atoms with E-state index in [0.717, 1.165) is 31.0 Å². The number of benzene rings is 1. The standard InChI is InChI=1S/C20H29N3O2/c24-19(22-14-16-6-2-1-3-7-16)10-12-21-20(25)23-13-11-17-8-4-5-9-18(17)15-23/h1-3,6-7,17-18H,4-5,8-15H2,(H,21,25)(H,22,24). The van der Waals surface area contributed by atoms with E-state index in [2.05, 4.69) is 10.6 Å². The molecule has 0 spiro atoms. The van der Waals surface area contributed by atoms with Gasteiger partial charge in [-0.15, -0.1) is 0 Å². The van der Waals surface area contributed by atoms with E-state index in [-0.39, 0.29) is 11.9 Å². The van der Waals surface area contributed by atoms with Crippen molar-refractivity contribution < 1.29 is 9.59 Å². The Kier molecular flexibility index (Phi) is 6.31. The average molecular weight is 343 g/mol. The van der Waals surface area contributed by atoms with Gasteiger partial charge in [0.05, 0.1) is 0 Å². The van der Waals surface area contributed by atoms with Crippen LogP contribution in [0.3, 0.4) is 0 Å². The minimum Gasteiger partial charge on any atom is -0.352 e. The number of amides is 3. The Morgan fingerprint density at radius 2 is 1.76 bits per heavy atom. The minimum absolute atomic E-state index is 0.0140. The highest BCUT2D eigenvalue weighted by molar-refractivity contribution is 5.78. The number of carbonyl (C=O) groups excluding carboxylic acids is 2. The van der Waals surface area contributed by atoms with Crippen LogP contribution in [-0.2, 0) is 11.3 Å². The third-order valence-corrected chi connectivity index (χ3v) is 5.54. The molecule has 0 radical (unpaired) electrons. The van der Waals surface area contributed by atoms with Crippen molar-refractivity contribution in [1.29, 1.82) is 0 Å². The summed E-state index contributed by atoms with van der Waals surface area (Å²) in [6.07, 6.45) is 6.70. The highest BCUT2D eigenvalue weighted by Crippen LogP contribution is 2.35. The molecule has 5 heteroatoms. The van der Waals surface area contributed by atoms with Crippen LogP contribution in [0.1, 0.15) is 44.1 Å². The summed E-state index contributed by atoms with van der Waals surface area (Å²) in [5.74, 6) is 1.47. The van der Waals surface area contributed by atoms with E-state index >= 15 is 0 Å². The molecule has 2 unspecified atom stereocenters. The van der Waals surface area contributed by atoms with Gasteiger partial charge in [0.25, 0.3) is 0 Å². The van der Waals surface area contributed by atoms with Crippen molar-refractivity contribution in [3.63, 3.8) is 0 Å². The van der Waals surface area contributed by atoms with Crippen molar-refractivity contribution in [2.45, 2.75) is 45.1 Å². The Bertz CT molecular complexity index is 576. The lowest BCUT2D eigenvalue weighted by Crippen LogP contribution is -2.49. The Morgan fingerprint density at radius 1 is 1.00 bits per heavy atom. The molecule has 0 bridgehead atoms. The van der Waals surface area contributed by atoms with Crippen LogP contribution in [-0.4, -0.2) is 36.5 Å². The van der Waals surface area contributed by atoms with Gasteiger partial charge in [0.15, 0.2) is 0 Å². The van der Waals surface area contributed by atoms with E-state index in [4.69, 9.17) is 0 Å². The Hall–Kier alpha value is -2.04. The molecule has 3 amide bonds. The second-order valence-corrected chi connectivity index (χ2v) is 7.28. The average Bonchev–Trinajstić information content (AvgIpc) is 2.66. The van der Waals surface area contributed by atoms with Gasteiger partial charge in [0.2, 0.25) is 5.91 Å². The van der Waals surface area contributed by atoms with Gasteiger partial charge >= 0.3 is 6.03 Å². The number of rotatable bonds is 5. The third kappa shape index (κ3) is 5.21. The molecule has 2 aliphatic rings. The van der Waals surface area contributed by atoms with Crippen LogP contribution in [0.2, 0.25) is 0 Å². The van der Waals surface area contributed by atoms with Gasteiger partial charge in [-0.1, -0.05) is 49.6 Å². The van der Waals surface area contributed by atoms with Crippen LogP contribution >= 0.6 is 0 Å². The Balaban J connectivity index is 1.33. The first-order valence-corrected chi connectivity index (χ1v) is 9.56. The number of fused-ring (bicyclic) bond motifs is 1. The van der Waals surface area contributed by atoms with Crippen LogP contribution < -0.4 is 10.6 Å². The quantitative estimate of drug-likeness (QED) is 0.863. The molecule has 1 aromatic rings. The van der Waals surface area contributed by atoms with Gasteiger partial charge in [-0.2, -0.15) is 0 Å². The van der Waals surface area contributed by atoms with E-state index < -0.39 is 0 Å². The number of carbonyl (C=O) groups is 2. The highest BCUT2D eigenvalue weighted by Gasteiger charge is 2.32. The van der Waals surface area contributed by atoms with Gasteiger partial charge in [0.1, 0.15) is 0 Å². The molecule has 1 heterocycles. The van der Waals surface area contributed by atoms with Crippen LogP contribution in [0.5, 0.6) is 0 Å². The van der Waals surface area contributed by atoms with Crippen LogP contribution in [0.4, 0.5) is 4.79 Å². The zero-order valence-corrected chi connectivity index (χ0v) is 14.9. The summed E-state index contributed by atoms with van der Waals surface area (Å²) in [6.45, 7) is 2.66. The second-order valence-electron chi connectivity index (χ2n) is 7.28. The monoisotopic (exact) mass is 343 g/mol. The van der Waals surface area contributed by atoms with Gasteiger partial charge in [-0.3, -0.25) is 4.79 Å². The SMILES string of the molecule is O=C(CCNC(=O)N1CCC2CCCCC2C1)NCc1ccccc1. The fourth-order valence-electron chi connectivity index (χ4n) is 4.06. The summed E-state index contributed by atoms with van der Waals surface area (Å²) in [6, 6.07) is 9.82. The number of urea groups is 1. The maximum Gasteiger partial charge on any atom is 0.317 e. The van der Waals surface area contributed by atoms with Crippen molar-refractivity contribution in [1.82, 2.24) is 15.5 Å². The van der Waals surface area contributed by atoms with Crippen molar-refractivity contribution in [2.75, 3.05) is 19.6 Å². The molecule has 136 valence electrons. The van der Waals surface area contributed by atoms with Crippen LogP contribution in [0.25, 0.3) is 0 Å². The molecule has 2 fully saturated rings. The zero-order chi connectivity index (χ0) is 17.5.